The summed E-state index contributed by atoms with van der Waals surface area (Å²) in [5.41, 5.74) is 0. The van der Waals surface area contributed by atoms with Crippen molar-refractivity contribution < 1.29 is 23.9 Å². The smallest absolute Gasteiger partial charge is 0.248 e. The van der Waals surface area contributed by atoms with Crippen molar-refractivity contribution in [3.8, 4) is 0 Å². The molecule has 3 amide bonds. The fraction of sp³-hybridized carbons (Fsp3) is 0.824. The molecule has 4 aliphatic rings. The van der Waals surface area contributed by atoms with Crippen LogP contribution in [0, 0.1) is 5.92 Å². The highest BCUT2D eigenvalue weighted by Gasteiger charge is 2.55. The minimum absolute atomic E-state index is 0.00869. The van der Waals surface area contributed by atoms with Crippen molar-refractivity contribution in [2.24, 2.45) is 5.92 Å². The van der Waals surface area contributed by atoms with Gasteiger partial charge in [0.05, 0.1) is 12.1 Å². The third kappa shape index (κ3) is 3.13. The molecule has 4 atom stereocenters. The molecule has 8 nitrogen and oxygen atoms in total. The van der Waals surface area contributed by atoms with Gasteiger partial charge in [-0.25, -0.2) is 0 Å². The number of hydrogen-bond donors (Lipinski definition) is 1. The van der Waals surface area contributed by atoms with Crippen LogP contribution in [0.3, 0.4) is 0 Å². The quantitative estimate of drug-likeness (QED) is 0.672. The number of fused-ring (bicyclic) bond motifs is 2. The number of rotatable bonds is 6. The summed E-state index contributed by atoms with van der Waals surface area (Å²) < 4.78 is 10.7. The van der Waals surface area contributed by atoms with Crippen LogP contribution >= 0.6 is 0 Å². The first-order valence-electron chi connectivity index (χ1n) is 9.09. The van der Waals surface area contributed by atoms with Gasteiger partial charge in [-0.3, -0.25) is 14.4 Å². The van der Waals surface area contributed by atoms with Gasteiger partial charge in [-0.15, -0.1) is 0 Å². The summed E-state index contributed by atoms with van der Waals surface area (Å²) in [6, 6.07) is -1.33. The molecule has 1 aliphatic carbocycles. The molecule has 3 aliphatic heterocycles. The zero-order valence-corrected chi connectivity index (χ0v) is 14.5. The van der Waals surface area contributed by atoms with E-state index in [0.717, 1.165) is 6.61 Å². The molecule has 4 fully saturated rings. The molecular weight excluding hydrogens is 326 g/mol. The van der Waals surface area contributed by atoms with Crippen LogP contribution in [0.4, 0.5) is 0 Å². The lowest BCUT2D eigenvalue weighted by molar-refractivity contribution is -0.157. The zero-order chi connectivity index (χ0) is 17.6. The Kier molecular flexibility index (Phi) is 4.41. The van der Waals surface area contributed by atoms with Gasteiger partial charge in [0.15, 0.2) is 0 Å². The molecule has 0 aromatic carbocycles. The number of carbonyl (C=O) groups excluding carboxylic acids is 3. The Morgan fingerprint density at radius 3 is 2.72 bits per heavy atom. The summed E-state index contributed by atoms with van der Waals surface area (Å²) in [5.74, 6) is 0.323. The first kappa shape index (κ1) is 16.8. The lowest BCUT2D eigenvalue weighted by Crippen LogP contribution is -2.64. The van der Waals surface area contributed by atoms with Gasteiger partial charge < -0.3 is 24.6 Å². The molecule has 3 heterocycles. The van der Waals surface area contributed by atoms with Crippen molar-refractivity contribution >= 4 is 17.7 Å². The molecule has 25 heavy (non-hydrogen) atoms. The van der Waals surface area contributed by atoms with Crippen LogP contribution in [0.25, 0.3) is 0 Å². The minimum Gasteiger partial charge on any atom is -0.376 e. The molecule has 1 saturated carbocycles. The van der Waals surface area contributed by atoms with E-state index in [4.69, 9.17) is 9.47 Å². The Labute approximate surface area is 146 Å². The normalized spacial score (nSPS) is 34.3. The maximum atomic E-state index is 13.0. The van der Waals surface area contributed by atoms with Gasteiger partial charge in [-0.05, 0) is 25.2 Å². The second kappa shape index (κ2) is 6.57. The van der Waals surface area contributed by atoms with Crippen LogP contribution in [0.5, 0.6) is 0 Å². The van der Waals surface area contributed by atoms with Gasteiger partial charge in [-0.2, -0.15) is 0 Å². The monoisotopic (exact) mass is 351 g/mol. The second-order valence-electron chi connectivity index (χ2n) is 7.51. The van der Waals surface area contributed by atoms with Crippen molar-refractivity contribution in [1.82, 2.24) is 15.1 Å². The molecule has 8 heteroatoms. The van der Waals surface area contributed by atoms with Crippen LogP contribution in [0.1, 0.15) is 25.7 Å². The first-order chi connectivity index (χ1) is 12.1. The number of carbonyl (C=O) groups is 3. The van der Waals surface area contributed by atoms with Crippen LogP contribution in [0.15, 0.2) is 0 Å². The standard InChI is InChI=1S/C17H25N3O5/c1-24-9-14(21)18-12-4-5-19-15(12)17(23)20-7-11(6-13(20)16(19)22)25-8-10-2-3-10/h10-13,15H,2-9H2,1H3,(H,18,21)/t11-,12+,13+,15+/m1/s1. The summed E-state index contributed by atoms with van der Waals surface area (Å²) in [7, 11) is 1.45. The topological polar surface area (TPSA) is 88.2 Å². The van der Waals surface area contributed by atoms with Crippen molar-refractivity contribution in [2.45, 2.75) is 49.9 Å². The van der Waals surface area contributed by atoms with Crippen LogP contribution in [-0.2, 0) is 23.9 Å². The Balaban J connectivity index is 1.43. The number of piperazine rings is 1. The maximum Gasteiger partial charge on any atom is 0.248 e. The average molecular weight is 351 g/mol. The van der Waals surface area contributed by atoms with Crippen molar-refractivity contribution in [1.29, 1.82) is 0 Å². The molecular formula is C17H25N3O5. The first-order valence-corrected chi connectivity index (χ1v) is 9.09. The largest absolute Gasteiger partial charge is 0.376 e. The lowest BCUT2D eigenvalue weighted by Gasteiger charge is -2.40. The number of nitrogens with zero attached hydrogens (tertiary/aromatic N) is 2. The number of ether oxygens (including phenoxy) is 2. The summed E-state index contributed by atoms with van der Waals surface area (Å²) in [5, 5.41) is 2.83. The number of methoxy groups -OCH3 is 1. The van der Waals surface area contributed by atoms with E-state index in [-0.39, 0.29) is 36.5 Å². The van der Waals surface area contributed by atoms with E-state index in [2.05, 4.69) is 5.32 Å². The van der Waals surface area contributed by atoms with E-state index in [0.29, 0.717) is 31.8 Å². The lowest BCUT2D eigenvalue weighted by atomic mass is 10.0. The van der Waals surface area contributed by atoms with Crippen LogP contribution in [-0.4, -0.2) is 85.2 Å². The fourth-order valence-electron chi connectivity index (χ4n) is 4.19. The third-order valence-corrected chi connectivity index (χ3v) is 5.65. The maximum absolute atomic E-state index is 13.0. The number of amides is 3. The van der Waals surface area contributed by atoms with Gasteiger partial charge in [-0.1, -0.05) is 0 Å². The Morgan fingerprint density at radius 2 is 2.00 bits per heavy atom. The molecule has 0 radical (unpaired) electrons. The number of nitrogens with one attached hydrogen (secondary N) is 1. The van der Waals surface area contributed by atoms with Crippen LogP contribution in [0.2, 0.25) is 0 Å². The highest BCUT2D eigenvalue weighted by atomic mass is 16.5. The van der Waals surface area contributed by atoms with E-state index in [1.807, 2.05) is 0 Å². The van der Waals surface area contributed by atoms with Gasteiger partial charge in [0.2, 0.25) is 17.7 Å². The molecule has 0 unspecified atom stereocenters. The Morgan fingerprint density at radius 1 is 1.20 bits per heavy atom. The van der Waals surface area contributed by atoms with Gasteiger partial charge in [0.25, 0.3) is 0 Å². The fourth-order valence-corrected chi connectivity index (χ4v) is 4.19. The zero-order valence-electron chi connectivity index (χ0n) is 14.5. The predicted octanol–water partition coefficient (Wildman–Crippen LogP) is -0.872. The van der Waals surface area contributed by atoms with Crippen molar-refractivity contribution in [3.63, 3.8) is 0 Å². The van der Waals surface area contributed by atoms with E-state index >= 15 is 0 Å². The summed E-state index contributed by atoms with van der Waals surface area (Å²) in [6.07, 6.45) is 3.56. The van der Waals surface area contributed by atoms with E-state index in [9.17, 15) is 14.4 Å². The molecule has 0 bridgehead atoms. The van der Waals surface area contributed by atoms with Crippen molar-refractivity contribution in [2.75, 3.05) is 33.4 Å². The second-order valence-corrected chi connectivity index (χ2v) is 7.51. The van der Waals surface area contributed by atoms with E-state index < -0.39 is 12.1 Å². The summed E-state index contributed by atoms with van der Waals surface area (Å²) in [6.45, 7) is 1.67. The third-order valence-electron chi connectivity index (χ3n) is 5.65. The molecule has 3 saturated heterocycles. The SMILES string of the molecule is COCC(=O)N[C@H]1CCN2C(=O)[C@@H]3C[C@@H](OCC4CC4)CN3C(=O)[C@H]12. The molecule has 4 rings (SSSR count). The van der Waals surface area contributed by atoms with E-state index in [1.54, 1.807) is 9.80 Å². The highest BCUT2D eigenvalue weighted by molar-refractivity contribution is 5.99. The van der Waals surface area contributed by atoms with Gasteiger partial charge in [0, 0.05) is 33.2 Å². The highest BCUT2D eigenvalue weighted by Crippen LogP contribution is 2.35. The Hall–Kier alpha value is -1.67. The summed E-state index contributed by atoms with van der Waals surface area (Å²) >= 11 is 0. The molecule has 0 spiro atoms. The van der Waals surface area contributed by atoms with Crippen LogP contribution < -0.4 is 5.32 Å². The van der Waals surface area contributed by atoms with Crippen molar-refractivity contribution in [3.05, 3.63) is 0 Å². The molecule has 138 valence electrons. The minimum atomic E-state index is -0.591. The average Bonchev–Trinajstić information content (AvgIpc) is 3.16. The molecule has 0 aromatic heterocycles. The predicted molar refractivity (Wildman–Crippen MR) is 86.5 cm³/mol. The van der Waals surface area contributed by atoms with Gasteiger partial charge >= 0.3 is 0 Å². The van der Waals surface area contributed by atoms with Gasteiger partial charge in [0.1, 0.15) is 18.7 Å². The summed E-state index contributed by atoms with van der Waals surface area (Å²) in [4.78, 5) is 40.9. The van der Waals surface area contributed by atoms with E-state index in [1.165, 1.54) is 20.0 Å². The Bertz CT molecular complexity index is 579. The molecule has 1 N–H and O–H groups in total. The number of hydrogen-bond acceptors (Lipinski definition) is 5. The molecule has 0 aromatic rings.